The number of aliphatic hydroxyl groups is 1. The normalized spacial score (nSPS) is 26.2. The Labute approximate surface area is 117 Å². The van der Waals surface area contributed by atoms with Crippen LogP contribution in [0.5, 0.6) is 0 Å². The first-order valence-corrected chi connectivity index (χ1v) is 6.79. The molecule has 0 radical (unpaired) electrons. The van der Waals surface area contributed by atoms with E-state index >= 15 is 0 Å². The Morgan fingerprint density at radius 1 is 1.40 bits per heavy atom. The number of nitrogens with zero attached hydrogens (tertiary/aromatic N) is 1. The lowest BCUT2D eigenvalue weighted by molar-refractivity contribution is -0.384. The first-order chi connectivity index (χ1) is 9.49. The van der Waals surface area contributed by atoms with Gasteiger partial charge in [0.1, 0.15) is 5.69 Å². The van der Waals surface area contributed by atoms with Crippen molar-refractivity contribution in [3.63, 3.8) is 0 Å². The van der Waals surface area contributed by atoms with Crippen LogP contribution in [0.25, 0.3) is 0 Å². The standard InChI is InChI=1S/C14H20N2O4/c1-9-5-12(6-10(2)20-9)15-13-7-11(8-17)3-4-14(13)16(18)19/h3-4,7,9-10,12,15,17H,5-6,8H2,1-2H3. The number of aliphatic hydroxyl groups excluding tert-OH is 1. The maximum absolute atomic E-state index is 11.1. The second-order valence-electron chi connectivity index (χ2n) is 5.34. The van der Waals surface area contributed by atoms with E-state index in [4.69, 9.17) is 9.84 Å². The van der Waals surface area contributed by atoms with E-state index in [9.17, 15) is 10.1 Å². The van der Waals surface area contributed by atoms with Gasteiger partial charge in [0.2, 0.25) is 0 Å². The zero-order chi connectivity index (χ0) is 14.7. The number of nitro groups is 1. The molecule has 1 aromatic rings. The van der Waals surface area contributed by atoms with E-state index in [1.165, 1.54) is 6.07 Å². The van der Waals surface area contributed by atoms with Crippen molar-refractivity contribution < 1.29 is 14.8 Å². The third kappa shape index (κ3) is 3.46. The largest absolute Gasteiger partial charge is 0.392 e. The summed E-state index contributed by atoms with van der Waals surface area (Å²) in [7, 11) is 0. The summed E-state index contributed by atoms with van der Waals surface area (Å²) in [6, 6.07) is 4.78. The number of nitrogens with one attached hydrogen (secondary N) is 1. The first kappa shape index (κ1) is 14.7. The molecule has 1 heterocycles. The van der Waals surface area contributed by atoms with Crippen LogP contribution in [0.3, 0.4) is 0 Å². The summed E-state index contributed by atoms with van der Waals surface area (Å²) < 4.78 is 5.66. The Hall–Kier alpha value is -1.66. The number of hydrogen-bond acceptors (Lipinski definition) is 5. The van der Waals surface area contributed by atoms with Gasteiger partial charge in [-0.3, -0.25) is 10.1 Å². The molecular formula is C14H20N2O4. The molecule has 110 valence electrons. The highest BCUT2D eigenvalue weighted by Gasteiger charge is 2.26. The van der Waals surface area contributed by atoms with E-state index in [0.29, 0.717) is 11.3 Å². The number of hydrogen-bond donors (Lipinski definition) is 2. The smallest absolute Gasteiger partial charge is 0.292 e. The van der Waals surface area contributed by atoms with Crippen LogP contribution in [-0.4, -0.2) is 28.3 Å². The first-order valence-electron chi connectivity index (χ1n) is 6.79. The lowest BCUT2D eigenvalue weighted by atomic mass is 9.99. The molecule has 1 saturated heterocycles. The van der Waals surface area contributed by atoms with Gasteiger partial charge in [0.25, 0.3) is 5.69 Å². The van der Waals surface area contributed by atoms with Crippen LogP contribution < -0.4 is 5.32 Å². The molecule has 2 rings (SSSR count). The van der Waals surface area contributed by atoms with Crippen LogP contribution in [0.1, 0.15) is 32.3 Å². The van der Waals surface area contributed by atoms with Crippen molar-refractivity contribution in [2.75, 3.05) is 5.32 Å². The summed E-state index contributed by atoms with van der Waals surface area (Å²) in [5.41, 5.74) is 1.16. The monoisotopic (exact) mass is 280 g/mol. The zero-order valence-electron chi connectivity index (χ0n) is 11.7. The van der Waals surface area contributed by atoms with Gasteiger partial charge in [0.15, 0.2) is 0 Å². The summed E-state index contributed by atoms with van der Waals surface area (Å²) in [4.78, 5) is 10.7. The van der Waals surface area contributed by atoms with Gasteiger partial charge in [-0.25, -0.2) is 0 Å². The summed E-state index contributed by atoms with van der Waals surface area (Å²) in [6.45, 7) is 3.87. The maximum atomic E-state index is 11.1. The molecular weight excluding hydrogens is 260 g/mol. The molecule has 2 unspecified atom stereocenters. The quantitative estimate of drug-likeness (QED) is 0.653. The van der Waals surface area contributed by atoms with Crippen molar-refractivity contribution in [2.24, 2.45) is 0 Å². The van der Waals surface area contributed by atoms with Gasteiger partial charge in [-0.2, -0.15) is 0 Å². The molecule has 6 nitrogen and oxygen atoms in total. The number of ether oxygens (including phenoxy) is 1. The minimum atomic E-state index is -0.407. The van der Waals surface area contributed by atoms with Gasteiger partial charge < -0.3 is 15.2 Å². The van der Waals surface area contributed by atoms with Gasteiger partial charge in [0, 0.05) is 12.1 Å². The van der Waals surface area contributed by atoms with Crippen molar-refractivity contribution in [3.8, 4) is 0 Å². The number of rotatable bonds is 4. The van der Waals surface area contributed by atoms with Crippen LogP contribution in [0.4, 0.5) is 11.4 Å². The van der Waals surface area contributed by atoms with Crippen molar-refractivity contribution in [1.29, 1.82) is 0 Å². The van der Waals surface area contributed by atoms with E-state index < -0.39 is 4.92 Å². The molecule has 0 aliphatic carbocycles. The molecule has 0 aromatic heterocycles. The van der Waals surface area contributed by atoms with Crippen molar-refractivity contribution in [1.82, 2.24) is 0 Å². The lowest BCUT2D eigenvalue weighted by Crippen LogP contribution is -2.37. The third-order valence-corrected chi connectivity index (χ3v) is 3.50. The molecule has 2 atom stereocenters. The van der Waals surface area contributed by atoms with Gasteiger partial charge >= 0.3 is 0 Å². The molecule has 20 heavy (non-hydrogen) atoms. The summed E-state index contributed by atoms with van der Waals surface area (Å²) >= 11 is 0. The van der Waals surface area contributed by atoms with Crippen molar-refractivity contribution in [2.45, 2.75) is 51.5 Å². The van der Waals surface area contributed by atoms with Crippen molar-refractivity contribution >= 4 is 11.4 Å². The molecule has 0 saturated carbocycles. The van der Waals surface area contributed by atoms with Gasteiger partial charge in [-0.15, -0.1) is 0 Å². The van der Waals surface area contributed by atoms with E-state index in [0.717, 1.165) is 12.8 Å². The summed E-state index contributed by atoms with van der Waals surface area (Å²) in [5, 5.41) is 23.5. The SMILES string of the molecule is CC1CC(Nc2cc(CO)ccc2[N+](=O)[O-])CC(C)O1. The third-order valence-electron chi connectivity index (χ3n) is 3.50. The lowest BCUT2D eigenvalue weighted by Gasteiger charge is -2.33. The van der Waals surface area contributed by atoms with Crippen LogP contribution in [0.15, 0.2) is 18.2 Å². The maximum Gasteiger partial charge on any atom is 0.292 e. The Bertz CT molecular complexity index is 482. The average Bonchev–Trinajstić information content (AvgIpc) is 2.37. The number of anilines is 1. The number of nitro benzene ring substituents is 1. The molecule has 6 heteroatoms. The van der Waals surface area contributed by atoms with E-state index in [-0.39, 0.29) is 30.5 Å². The second kappa shape index (κ2) is 6.19. The second-order valence-corrected chi connectivity index (χ2v) is 5.34. The minimum Gasteiger partial charge on any atom is -0.392 e. The molecule has 1 aliphatic heterocycles. The number of benzene rings is 1. The van der Waals surface area contributed by atoms with E-state index in [2.05, 4.69) is 5.32 Å². The highest BCUT2D eigenvalue weighted by Crippen LogP contribution is 2.29. The molecule has 1 fully saturated rings. The highest BCUT2D eigenvalue weighted by molar-refractivity contribution is 5.63. The average molecular weight is 280 g/mol. The molecule has 2 N–H and O–H groups in total. The van der Waals surface area contributed by atoms with Crippen LogP contribution in [0.2, 0.25) is 0 Å². The molecule has 0 spiro atoms. The van der Waals surface area contributed by atoms with Crippen molar-refractivity contribution in [3.05, 3.63) is 33.9 Å². The fourth-order valence-electron chi connectivity index (χ4n) is 2.70. The van der Waals surface area contributed by atoms with E-state index in [1.807, 2.05) is 13.8 Å². The van der Waals surface area contributed by atoms with Crippen LogP contribution >= 0.6 is 0 Å². The molecule has 1 aromatic carbocycles. The van der Waals surface area contributed by atoms with E-state index in [1.54, 1.807) is 12.1 Å². The predicted octanol–water partition coefficient (Wildman–Crippen LogP) is 2.46. The fraction of sp³-hybridized carbons (Fsp3) is 0.571. The predicted molar refractivity (Wildman–Crippen MR) is 75.7 cm³/mol. The fourth-order valence-corrected chi connectivity index (χ4v) is 2.70. The highest BCUT2D eigenvalue weighted by atomic mass is 16.6. The van der Waals surface area contributed by atoms with Gasteiger partial charge in [-0.1, -0.05) is 0 Å². The minimum absolute atomic E-state index is 0.0361. The Balaban J connectivity index is 2.20. The Morgan fingerprint density at radius 2 is 2.05 bits per heavy atom. The van der Waals surface area contributed by atoms with Gasteiger partial charge in [-0.05, 0) is 44.4 Å². The Kier molecular flexibility index (Phi) is 4.57. The molecule has 1 aliphatic rings. The molecule has 0 amide bonds. The summed E-state index contributed by atoms with van der Waals surface area (Å²) in [5.74, 6) is 0. The molecule has 0 bridgehead atoms. The zero-order valence-corrected chi connectivity index (χ0v) is 11.7. The van der Waals surface area contributed by atoms with Gasteiger partial charge in [0.05, 0.1) is 23.7 Å². The Morgan fingerprint density at radius 3 is 2.60 bits per heavy atom. The summed E-state index contributed by atoms with van der Waals surface area (Å²) in [6.07, 6.45) is 1.89. The van der Waals surface area contributed by atoms with Crippen LogP contribution in [-0.2, 0) is 11.3 Å². The topological polar surface area (TPSA) is 84.6 Å². The van der Waals surface area contributed by atoms with Crippen LogP contribution in [0, 0.1) is 10.1 Å².